The van der Waals surface area contributed by atoms with E-state index in [4.69, 9.17) is 11.5 Å². The van der Waals surface area contributed by atoms with E-state index >= 15 is 0 Å². The molecule has 0 radical (unpaired) electrons. The SMILES string of the molecule is Nc1cscc1N1CC(N)CC1=O. The summed E-state index contributed by atoms with van der Waals surface area (Å²) in [5, 5.41) is 3.71. The highest BCUT2D eigenvalue weighted by molar-refractivity contribution is 7.09. The maximum Gasteiger partial charge on any atom is 0.228 e. The third-order valence-corrected chi connectivity index (χ3v) is 2.87. The van der Waals surface area contributed by atoms with Crippen LogP contribution in [-0.2, 0) is 4.79 Å². The summed E-state index contributed by atoms with van der Waals surface area (Å²) in [6, 6.07) is -0.0493. The average Bonchev–Trinajstić information content (AvgIpc) is 2.58. The Morgan fingerprint density at radius 1 is 1.54 bits per heavy atom. The molecule has 1 aromatic heterocycles. The number of nitrogens with two attached hydrogens (primary N) is 2. The molecule has 1 amide bonds. The zero-order valence-electron chi connectivity index (χ0n) is 7.06. The van der Waals surface area contributed by atoms with Crippen LogP contribution >= 0.6 is 11.3 Å². The molecule has 1 atom stereocenters. The summed E-state index contributed by atoms with van der Waals surface area (Å²) in [5.74, 6) is 0.0672. The van der Waals surface area contributed by atoms with Gasteiger partial charge in [-0.1, -0.05) is 0 Å². The standard InChI is InChI=1S/C8H11N3OS/c9-5-1-8(12)11(2-5)7-4-13-3-6(7)10/h3-5H,1-2,9-10H2. The van der Waals surface area contributed by atoms with Crippen molar-refractivity contribution in [2.75, 3.05) is 17.2 Å². The lowest BCUT2D eigenvalue weighted by Gasteiger charge is -2.14. The highest BCUT2D eigenvalue weighted by Gasteiger charge is 2.29. The van der Waals surface area contributed by atoms with E-state index < -0.39 is 0 Å². The minimum Gasteiger partial charge on any atom is -0.396 e. The summed E-state index contributed by atoms with van der Waals surface area (Å²) in [5.41, 5.74) is 12.8. The van der Waals surface area contributed by atoms with E-state index in [1.807, 2.05) is 10.8 Å². The van der Waals surface area contributed by atoms with E-state index in [1.165, 1.54) is 11.3 Å². The van der Waals surface area contributed by atoms with Crippen LogP contribution in [0.5, 0.6) is 0 Å². The van der Waals surface area contributed by atoms with Crippen LogP contribution in [-0.4, -0.2) is 18.5 Å². The second kappa shape index (κ2) is 3.01. The second-order valence-electron chi connectivity index (χ2n) is 3.18. The summed E-state index contributed by atoms with van der Waals surface area (Å²) in [7, 11) is 0. The summed E-state index contributed by atoms with van der Waals surface area (Å²) in [6.45, 7) is 0.583. The molecule has 1 fully saturated rings. The third kappa shape index (κ3) is 1.40. The predicted molar refractivity (Wildman–Crippen MR) is 53.7 cm³/mol. The summed E-state index contributed by atoms with van der Waals surface area (Å²) in [4.78, 5) is 13.1. The minimum atomic E-state index is -0.0493. The first kappa shape index (κ1) is 8.52. The van der Waals surface area contributed by atoms with E-state index in [9.17, 15) is 4.79 Å². The number of thiophene rings is 1. The molecule has 0 spiro atoms. The van der Waals surface area contributed by atoms with Gasteiger partial charge < -0.3 is 16.4 Å². The number of carbonyl (C=O) groups excluding carboxylic acids is 1. The monoisotopic (exact) mass is 197 g/mol. The zero-order chi connectivity index (χ0) is 9.42. The predicted octanol–water partition coefficient (Wildman–Crippen LogP) is 0.394. The van der Waals surface area contributed by atoms with Crippen LogP contribution in [0.15, 0.2) is 10.8 Å². The first-order valence-corrected chi connectivity index (χ1v) is 5.00. The summed E-state index contributed by atoms with van der Waals surface area (Å²) < 4.78 is 0. The molecule has 1 aliphatic rings. The number of hydrogen-bond donors (Lipinski definition) is 2. The maximum atomic E-state index is 11.4. The lowest BCUT2D eigenvalue weighted by atomic mass is 10.3. The van der Waals surface area contributed by atoms with Gasteiger partial charge in [-0.15, -0.1) is 11.3 Å². The van der Waals surface area contributed by atoms with Gasteiger partial charge in [0.05, 0.1) is 11.4 Å². The molecule has 2 heterocycles. The van der Waals surface area contributed by atoms with Gasteiger partial charge in [0.25, 0.3) is 0 Å². The molecule has 5 heteroatoms. The zero-order valence-corrected chi connectivity index (χ0v) is 7.88. The Labute approximate surface area is 80.1 Å². The molecule has 0 aliphatic carbocycles. The minimum absolute atomic E-state index is 0.0493. The number of nitrogen functional groups attached to an aromatic ring is 1. The van der Waals surface area contributed by atoms with Crippen molar-refractivity contribution >= 4 is 28.6 Å². The summed E-state index contributed by atoms with van der Waals surface area (Å²) >= 11 is 1.50. The van der Waals surface area contributed by atoms with Gasteiger partial charge in [0.2, 0.25) is 5.91 Å². The van der Waals surface area contributed by atoms with Crippen molar-refractivity contribution in [1.82, 2.24) is 0 Å². The molecule has 1 unspecified atom stereocenters. The van der Waals surface area contributed by atoms with Crippen LogP contribution < -0.4 is 16.4 Å². The molecule has 1 aliphatic heterocycles. The van der Waals surface area contributed by atoms with Crippen molar-refractivity contribution in [3.05, 3.63) is 10.8 Å². The van der Waals surface area contributed by atoms with Gasteiger partial charge in [-0.05, 0) is 0 Å². The molecule has 4 nitrogen and oxygen atoms in total. The Balaban J connectivity index is 2.27. The normalized spacial score (nSPS) is 22.7. The fourth-order valence-corrected chi connectivity index (χ4v) is 2.22. The Bertz CT molecular complexity index is 336. The molecular weight excluding hydrogens is 186 g/mol. The number of nitrogens with zero attached hydrogens (tertiary/aromatic N) is 1. The molecular formula is C8H11N3OS. The van der Waals surface area contributed by atoms with Crippen molar-refractivity contribution in [1.29, 1.82) is 0 Å². The van der Waals surface area contributed by atoms with Gasteiger partial charge in [0, 0.05) is 29.8 Å². The second-order valence-corrected chi connectivity index (χ2v) is 3.92. The van der Waals surface area contributed by atoms with Crippen LogP contribution in [0.1, 0.15) is 6.42 Å². The molecule has 0 saturated carbocycles. The maximum absolute atomic E-state index is 11.4. The lowest BCUT2D eigenvalue weighted by molar-refractivity contribution is -0.117. The van der Waals surface area contributed by atoms with E-state index in [1.54, 1.807) is 4.90 Å². The first-order valence-electron chi connectivity index (χ1n) is 4.06. The Morgan fingerprint density at radius 3 is 2.77 bits per heavy atom. The number of carbonyl (C=O) groups is 1. The van der Waals surface area contributed by atoms with E-state index in [2.05, 4.69) is 0 Å². The molecule has 0 bridgehead atoms. The van der Waals surface area contributed by atoms with Crippen LogP contribution in [0.3, 0.4) is 0 Å². The molecule has 4 N–H and O–H groups in total. The van der Waals surface area contributed by atoms with E-state index in [0.717, 1.165) is 5.69 Å². The van der Waals surface area contributed by atoms with Crippen LogP contribution in [0.25, 0.3) is 0 Å². The van der Waals surface area contributed by atoms with Gasteiger partial charge in [-0.25, -0.2) is 0 Å². The van der Waals surface area contributed by atoms with Crippen LogP contribution in [0, 0.1) is 0 Å². The molecule has 13 heavy (non-hydrogen) atoms. The topological polar surface area (TPSA) is 72.3 Å². The fraction of sp³-hybridized carbons (Fsp3) is 0.375. The van der Waals surface area contributed by atoms with Crippen LogP contribution in [0.2, 0.25) is 0 Å². The Kier molecular flexibility index (Phi) is 1.97. The van der Waals surface area contributed by atoms with Crippen molar-refractivity contribution in [3.63, 3.8) is 0 Å². The van der Waals surface area contributed by atoms with Crippen molar-refractivity contribution in [2.24, 2.45) is 5.73 Å². The van der Waals surface area contributed by atoms with Crippen molar-refractivity contribution < 1.29 is 4.79 Å². The number of hydrogen-bond acceptors (Lipinski definition) is 4. The van der Waals surface area contributed by atoms with E-state index in [-0.39, 0.29) is 11.9 Å². The number of anilines is 2. The van der Waals surface area contributed by atoms with Gasteiger partial charge in [0.15, 0.2) is 0 Å². The van der Waals surface area contributed by atoms with Crippen molar-refractivity contribution in [3.8, 4) is 0 Å². The van der Waals surface area contributed by atoms with Gasteiger partial charge in [0.1, 0.15) is 0 Å². The number of amides is 1. The molecule has 0 aromatic carbocycles. The Hall–Kier alpha value is -1.07. The quantitative estimate of drug-likeness (QED) is 0.684. The first-order chi connectivity index (χ1) is 6.18. The Morgan fingerprint density at radius 2 is 2.31 bits per heavy atom. The van der Waals surface area contributed by atoms with Crippen molar-refractivity contribution in [2.45, 2.75) is 12.5 Å². The average molecular weight is 197 g/mol. The molecule has 1 saturated heterocycles. The largest absolute Gasteiger partial charge is 0.396 e. The molecule has 70 valence electrons. The molecule has 1 aromatic rings. The third-order valence-electron chi connectivity index (χ3n) is 2.12. The van der Waals surface area contributed by atoms with E-state index in [0.29, 0.717) is 18.7 Å². The van der Waals surface area contributed by atoms with Gasteiger partial charge >= 0.3 is 0 Å². The number of rotatable bonds is 1. The fourth-order valence-electron chi connectivity index (χ4n) is 1.49. The highest BCUT2D eigenvalue weighted by Crippen LogP contribution is 2.30. The molecule has 2 rings (SSSR count). The highest BCUT2D eigenvalue weighted by atomic mass is 32.1. The summed E-state index contributed by atoms with van der Waals surface area (Å²) in [6.07, 6.45) is 0.426. The van der Waals surface area contributed by atoms with Gasteiger partial charge in [-0.2, -0.15) is 0 Å². The van der Waals surface area contributed by atoms with Crippen LogP contribution in [0.4, 0.5) is 11.4 Å². The van der Waals surface area contributed by atoms with Gasteiger partial charge in [-0.3, -0.25) is 4.79 Å². The smallest absolute Gasteiger partial charge is 0.228 e. The lowest BCUT2D eigenvalue weighted by Crippen LogP contribution is -2.28.